The number of nitrogens with one attached hydrogen (secondary N) is 1. The summed E-state index contributed by atoms with van der Waals surface area (Å²) in [7, 11) is 1.40. The summed E-state index contributed by atoms with van der Waals surface area (Å²) in [6, 6.07) is 8.85. The molecule has 0 radical (unpaired) electrons. The van der Waals surface area contributed by atoms with Crippen molar-refractivity contribution in [1.29, 1.82) is 0 Å². The minimum atomic E-state index is -4.84. The van der Waals surface area contributed by atoms with Crippen molar-refractivity contribution in [2.24, 2.45) is 5.10 Å². The highest BCUT2D eigenvalue weighted by Gasteiger charge is 2.37. The van der Waals surface area contributed by atoms with E-state index in [1.807, 2.05) is 5.43 Å². The molecule has 0 saturated carbocycles. The van der Waals surface area contributed by atoms with Crippen LogP contribution in [0, 0.1) is 0 Å². The zero-order valence-corrected chi connectivity index (χ0v) is 13.8. The van der Waals surface area contributed by atoms with Gasteiger partial charge in [-0.15, -0.1) is 11.3 Å². The second kappa shape index (κ2) is 7.93. The van der Waals surface area contributed by atoms with Crippen molar-refractivity contribution in [2.45, 2.75) is 12.6 Å². The molecule has 0 fully saturated rings. The fourth-order valence-electron chi connectivity index (χ4n) is 1.83. The highest BCUT2D eigenvalue weighted by atomic mass is 32.1. The number of rotatable bonds is 6. The van der Waals surface area contributed by atoms with E-state index < -0.39 is 30.0 Å². The quantitative estimate of drug-likeness (QED) is 0.479. The summed E-state index contributed by atoms with van der Waals surface area (Å²) in [5, 5.41) is 4.70. The molecule has 2 aromatic rings. The van der Waals surface area contributed by atoms with Gasteiger partial charge in [0, 0.05) is 5.56 Å². The third kappa shape index (κ3) is 5.15. The number of alkyl halides is 3. The van der Waals surface area contributed by atoms with E-state index in [0.717, 1.165) is 11.3 Å². The van der Waals surface area contributed by atoms with Gasteiger partial charge in [0.2, 0.25) is 0 Å². The Balaban J connectivity index is 2.14. The molecule has 0 unspecified atom stereocenters. The number of hydrogen-bond acceptors (Lipinski definition) is 5. The highest BCUT2D eigenvalue weighted by molar-refractivity contribution is 7.12. The second-order valence-electron chi connectivity index (χ2n) is 4.81. The smallest absolute Gasteiger partial charge is 0.431 e. The van der Waals surface area contributed by atoms with Crippen LogP contribution in [0.4, 0.5) is 13.2 Å². The van der Waals surface area contributed by atoms with Gasteiger partial charge in [0.25, 0.3) is 5.91 Å². The van der Waals surface area contributed by atoms with E-state index in [-0.39, 0.29) is 10.4 Å². The van der Waals surface area contributed by atoms with Crippen LogP contribution in [0.15, 0.2) is 46.9 Å². The van der Waals surface area contributed by atoms with Gasteiger partial charge >= 0.3 is 6.18 Å². The fourth-order valence-corrected chi connectivity index (χ4v) is 2.49. The first-order valence-corrected chi connectivity index (χ1v) is 7.84. The molecule has 0 aliphatic rings. The van der Waals surface area contributed by atoms with Crippen LogP contribution in [0.5, 0.6) is 5.75 Å². The Morgan fingerprint density at radius 1 is 1.24 bits per heavy atom. The summed E-state index contributed by atoms with van der Waals surface area (Å²) in [4.78, 5) is 24.0. The summed E-state index contributed by atoms with van der Waals surface area (Å²) in [5.74, 6) is -1.19. The number of benzene rings is 1. The molecule has 0 aliphatic carbocycles. The molecule has 5 nitrogen and oxygen atoms in total. The number of ketones is 1. The van der Waals surface area contributed by atoms with Crippen molar-refractivity contribution in [3.63, 3.8) is 0 Å². The fraction of sp³-hybridized carbons (Fsp3) is 0.188. The first-order valence-electron chi connectivity index (χ1n) is 6.96. The van der Waals surface area contributed by atoms with Gasteiger partial charge in [0.05, 0.1) is 18.4 Å². The van der Waals surface area contributed by atoms with Gasteiger partial charge in [-0.3, -0.25) is 9.59 Å². The molecule has 0 atom stereocenters. The number of carbonyl (C=O) groups excluding carboxylic acids is 2. The second-order valence-corrected chi connectivity index (χ2v) is 5.75. The maximum Gasteiger partial charge on any atom is 0.431 e. The lowest BCUT2D eigenvalue weighted by Gasteiger charge is -2.10. The molecule has 0 bridgehead atoms. The van der Waals surface area contributed by atoms with Gasteiger partial charge < -0.3 is 4.74 Å². The van der Waals surface area contributed by atoms with E-state index in [9.17, 15) is 22.8 Å². The van der Waals surface area contributed by atoms with Crippen molar-refractivity contribution < 1.29 is 27.5 Å². The van der Waals surface area contributed by atoms with Crippen LogP contribution in [0.1, 0.15) is 26.5 Å². The van der Waals surface area contributed by atoms with Crippen molar-refractivity contribution >= 4 is 28.7 Å². The van der Waals surface area contributed by atoms with Crippen LogP contribution < -0.4 is 10.2 Å². The number of ether oxygens (including phenoxy) is 1. The molecule has 1 aromatic carbocycles. The third-order valence-electron chi connectivity index (χ3n) is 3.08. The average Bonchev–Trinajstić information content (AvgIpc) is 3.11. The minimum absolute atomic E-state index is 0.0780. The Morgan fingerprint density at radius 2 is 2.00 bits per heavy atom. The monoisotopic (exact) mass is 370 g/mol. The topological polar surface area (TPSA) is 67.8 Å². The maximum atomic E-state index is 13.0. The van der Waals surface area contributed by atoms with Crippen LogP contribution in [0.3, 0.4) is 0 Å². The Morgan fingerprint density at radius 3 is 2.60 bits per heavy atom. The molecule has 0 aliphatic heterocycles. The van der Waals surface area contributed by atoms with E-state index >= 15 is 0 Å². The molecule has 1 heterocycles. The van der Waals surface area contributed by atoms with E-state index in [1.54, 1.807) is 17.5 Å². The zero-order chi connectivity index (χ0) is 18.4. The molecule has 0 saturated heterocycles. The molecule has 132 valence electrons. The number of hydrazone groups is 1. The van der Waals surface area contributed by atoms with Gasteiger partial charge in [0.1, 0.15) is 11.5 Å². The van der Waals surface area contributed by atoms with Crippen LogP contribution >= 0.6 is 11.3 Å². The summed E-state index contributed by atoms with van der Waals surface area (Å²) in [6.45, 7) is 0. The Hall–Kier alpha value is -2.68. The number of hydrogen-bond donors (Lipinski definition) is 1. The predicted molar refractivity (Wildman–Crippen MR) is 87.2 cm³/mol. The van der Waals surface area contributed by atoms with Crippen molar-refractivity contribution in [3.8, 4) is 5.75 Å². The van der Waals surface area contributed by atoms with E-state index in [4.69, 9.17) is 4.74 Å². The Bertz CT molecular complexity index is 786. The maximum absolute atomic E-state index is 13.0. The van der Waals surface area contributed by atoms with E-state index in [2.05, 4.69) is 5.10 Å². The minimum Gasteiger partial charge on any atom is -0.497 e. The van der Waals surface area contributed by atoms with Gasteiger partial charge in [-0.25, -0.2) is 5.43 Å². The van der Waals surface area contributed by atoms with Crippen LogP contribution in [0.25, 0.3) is 0 Å². The summed E-state index contributed by atoms with van der Waals surface area (Å²) >= 11 is 1.04. The molecule has 1 N–H and O–H groups in total. The van der Waals surface area contributed by atoms with Crippen LogP contribution in [-0.4, -0.2) is 30.7 Å². The Labute approximate surface area is 145 Å². The lowest BCUT2D eigenvalue weighted by atomic mass is 10.1. The third-order valence-corrected chi connectivity index (χ3v) is 3.99. The highest BCUT2D eigenvalue weighted by Crippen LogP contribution is 2.22. The molecule has 1 amide bonds. The van der Waals surface area contributed by atoms with Gasteiger partial charge in [-0.1, -0.05) is 12.1 Å². The molecule has 2 rings (SSSR count). The van der Waals surface area contributed by atoms with E-state index in [1.165, 1.54) is 31.4 Å². The van der Waals surface area contributed by atoms with Crippen LogP contribution in [-0.2, 0) is 0 Å². The van der Waals surface area contributed by atoms with Gasteiger partial charge in [0.15, 0.2) is 5.78 Å². The van der Waals surface area contributed by atoms with E-state index in [0.29, 0.717) is 5.75 Å². The number of methoxy groups -OCH3 is 1. The number of amides is 1. The molecule has 9 heteroatoms. The summed E-state index contributed by atoms with van der Waals surface area (Å²) in [5.41, 5.74) is 0.537. The molecular weight excluding hydrogens is 357 g/mol. The van der Waals surface area contributed by atoms with Crippen molar-refractivity contribution in [1.82, 2.24) is 5.43 Å². The van der Waals surface area contributed by atoms with Crippen LogP contribution in [0.2, 0.25) is 0 Å². The molecular formula is C16H13F3N2O3S. The summed E-state index contributed by atoms with van der Waals surface area (Å²) in [6.07, 6.45) is -5.79. The zero-order valence-electron chi connectivity index (χ0n) is 13.0. The summed E-state index contributed by atoms with van der Waals surface area (Å²) < 4.78 is 44.1. The van der Waals surface area contributed by atoms with Gasteiger partial charge in [-0.2, -0.15) is 18.3 Å². The first kappa shape index (κ1) is 18.7. The lowest BCUT2D eigenvalue weighted by molar-refractivity contribution is -0.0605. The number of carbonyl (C=O) groups is 2. The lowest BCUT2D eigenvalue weighted by Crippen LogP contribution is -2.30. The molecule has 25 heavy (non-hydrogen) atoms. The normalized spacial score (nSPS) is 11.9. The van der Waals surface area contributed by atoms with Gasteiger partial charge in [-0.05, 0) is 29.6 Å². The Kier molecular flexibility index (Phi) is 5.92. The van der Waals surface area contributed by atoms with Crippen molar-refractivity contribution in [3.05, 3.63) is 52.2 Å². The largest absolute Gasteiger partial charge is 0.497 e. The number of Topliss-reactive ketones (excluding diaryl/α,β-unsaturated/α-hetero) is 1. The predicted octanol–water partition coefficient (Wildman–Crippen LogP) is 3.68. The standard InChI is InChI=1S/C16H13F3N2O3S/c1-24-11-5-2-4-10(8-11)15(23)21-20-14(16(17,18)19)9-12(22)13-6-3-7-25-13/h2-8H,9H2,1H3,(H,21,23)/b20-14-. The molecule has 0 spiro atoms. The van der Waals surface area contributed by atoms with Crippen molar-refractivity contribution in [2.75, 3.05) is 7.11 Å². The SMILES string of the molecule is COc1cccc(C(=O)N/N=C(/CC(=O)c2cccs2)C(F)(F)F)c1. The first-order chi connectivity index (χ1) is 11.8. The average molecular weight is 370 g/mol. The number of halogens is 3. The number of nitrogens with zero attached hydrogens (tertiary/aromatic N) is 1. The molecule has 1 aromatic heterocycles. The number of thiophene rings is 1.